The van der Waals surface area contributed by atoms with Gasteiger partial charge in [-0.15, -0.1) is 0 Å². The molecule has 1 aromatic carbocycles. The van der Waals surface area contributed by atoms with E-state index >= 15 is 0 Å². The molecule has 9 heteroatoms. The van der Waals surface area contributed by atoms with Crippen LogP contribution in [-0.4, -0.2) is 84.1 Å². The van der Waals surface area contributed by atoms with Crippen LogP contribution in [0.25, 0.3) is 5.76 Å². The van der Waals surface area contributed by atoms with Crippen LogP contribution in [0.1, 0.15) is 65.2 Å². The molecule has 9 nitrogen and oxygen atoms in total. The van der Waals surface area contributed by atoms with E-state index in [2.05, 4.69) is 30.7 Å². The molecule has 2 aliphatic heterocycles. The zero-order chi connectivity index (χ0) is 27.8. The Morgan fingerprint density at radius 3 is 2.32 bits per heavy atom. The van der Waals surface area contributed by atoms with Gasteiger partial charge in [0.05, 0.1) is 31.9 Å². The minimum absolute atomic E-state index is 0.0158. The normalized spacial score (nSPS) is 20.3. The Morgan fingerprint density at radius 1 is 1.11 bits per heavy atom. The number of aryl methyl sites for hydroxylation is 1. The van der Waals surface area contributed by atoms with Gasteiger partial charge in [0.15, 0.2) is 0 Å². The molecule has 0 spiro atoms. The van der Waals surface area contributed by atoms with Crippen molar-refractivity contribution in [3.63, 3.8) is 0 Å². The molecule has 2 fully saturated rings. The van der Waals surface area contributed by atoms with Crippen LogP contribution < -0.4 is 0 Å². The number of Topliss-reactive ketones (excluding diaryl/α,β-unsaturated/α-hetero) is 1. The summed E-state index contributed by atoms with van der Waals surface area (Å²) in [6, 6.07) is 7.07. The first kappa shape index (κ1) is 27.6. The van der Waals surface area contributed by atoms with Gasteiger partial charge in [-0.1, -0.05) is 45.0 Å². The predicted octanol–water partition coefficient (Wildman–Crippen LogP) is 3.47. The van der Waals surface area contributed by atoms with Crippen molar-refractivity contribution in [3.05, 3.63) is 63.5 Å². The van der Waals surface area contributed by atoms with E-state index < -0.39 is 23.7 Å². The Hall–Kier alpha value is -3.43. The molecule has 0 bridgehead atoms. The molecule has 2 saturated heterocycles. The van der Waals surface area contributed by atoms with Crippen LogP contribution >= 0.6 is 0 Å². The molecule has 2 N–H and O–H groups in total. The first-order valence-corrected chi connectivity index (χ1v) is 12.9. The summed E-state index contributed by atoms with van der Waals surface area (Å²) in [6.07, 6.45) is 0. The summed E-state index contributed by atoms with van der Waals surface area (Å²) in [5, 5.41) is 11.6. The first-order valence-electron chi connectivity index (χ1n) is 12.9. The molecule has 2 aromatic rings. The number of H-pyrrole nitrogens is 1. The lowest BCUT2D eigenvalue weighted by Gasteiger charge is -2.31. The number of aromatic nitrogens is 1. The van der Waals surface area contributed by atoms with Gasteiger partial charge < -0.3 is 24.5 Å². The number of ether oxygens (including phenoxy) is 2. The number of aliphatic hydroxyl groups is 1. The molecule has 38 heavy (non-hydrogen) atoms. The standard InChI is InChI=1S/C29H37N3O6/c1-17-21(18(2)30-23(17)28(36)37-6)25(33)22-24(19-7-9-20(10-8-19)29(3,4)5)32(27(35)26(22)34)12-11-31-13-15-38-16-14-31/h7-10,24,30,33H,11-16H2,1-6H3/b25-22+/t24-/m0/s1. The summed E-state index contributed by atoms with van der Waals surface area (Å²) in [5.41, 5.74) is 3.27. The van der Waals surface area contributed by atoms with Gasteiger partial charge >= 0.3 is 5.97 Å². The van der Waals surface area contributed by atoms with Crippen LogP contribution in [0.5, 0.6) is 0 Å². The number of aliphatic hydroxyl groups excluding tert-OH is 1. The molecule has 2 aliphatic rings. The van der Waals surface area contributed by atoms with E-state index in [1.807, 2.05) is 24.3 Å². The maximum Gasteiger partial charge on any atom is 0.354 e. The number of rotatable bonds is 6. The number of carbonyl (C=O) groups excluding carboxylic acids is 3. The minimum atomic E-state index is -0.764. The zero-order valence-electron chi connectivity index (χ0n) is 23.0. The van der Waals surface area contributed by atoms with Crippen LogP contribution in [0.15, 0.2) is 29.8 Å². The SMILES string of the molecule is COC(=O)c1[nH]c(C)c(/C(O)=C2\C(=O)C(=O)N(CCN3CCOCC3)[C@H]2c2ccc(C(C)(C)C)cc2)c1C. The lowest BCUT2D eigenvalue weighted by atomic mass is 9.85. The van der Waals surface area contributed by atoms with Gasteiger partial charge in [0.2, 0.25) is 0 Å². The van der Waals surface area contributed by atoms with Gasteiger partial charge in [0.25, 0.3) is 11.7 Å². The summed E-state index contributed by atoms with van der Waals surface area (Å²) < 4.78 is 10.3. The van der Waals surface area contributed by atoms with Gasteiger partial charge in [-0.3, -0.25) is 14.5 Å². The van der Waals surface area contributed by atoms with Crippen molar-refractivity contribution in [2.75, 3.05) is 46.5 Å². The van der Waals surface area contributed by atoms with Crippen molar-refractivity contribution in [2.45, 2.75) is 46.1 Å². The Bertz CT molecular complexity index is 1260. The smallest absolute Gasteiger partial charge is 0.354 e. The van der Waals surface area contributed by atoms with Crippen molar-refractivity contribution in [3.8, 4) is 0 Å². The maximum absolute atomic E-state index is 13.5. The van der Waals surface area contributed by atoms with Crippen LogP contribution in [0, 0.1) is 13.8 Å². The van der Waals surface area contributed by atoms with Crippen LogP contribution in [0.2, 0.25) is 0 Å². The van der Waals surface area contributed by atoms with Crippen LogP contribution in [0.4, 0.5) is 0 Å². The number of benzene rings is 1. The molecule has 1 atom stereocenters. The Balaban J connectivity index is 1.81. The van der Waals surface area contributed by atoms with Crippen LogP contribution in [-0.2, 0) is 24.5 Å². The van der Waals surface area contributed by atoms with Gasteiger partial charge in [-0.2, -0.15) is 0 Å². The van der Waals surface area contributed by atoms with Crippen LogP contribution in [0.3, 0.4) is 0 Å². The Kier molecular flexibility index (Phi) is 7.80. The topological polar surface area (TPSA) is 112 Å². The van der Waals surface area contributed by atoms with Crippen molar-refractivity contribution >= 4 is 23.4 Å². The van der Waals surface area contributed by atoms with Crippen molar-refractivity contribution in [2.24, 2.45) is 0 Å². The molecule has 4 rings (SSSR count). The number of esters is 1. The van der Waals surface area contributed by atoms with Gasteiger partial charge in [-0.05, 0) is 36.0 Å². The highest BCUT2D eigenvalue weighted by atomic mass is 16.5. The van der Waals surface area contributed by atoms with Gasteiger partial charge in [0.1, 0.15) is 11.5 Å². The molecule has 1 aromatic heterocycles. The number of hydrogen-bond acceptors (Lipinski definition) is 7. The summed E-state index contributed by atoms with van der Waals surface area (Å²) >= 11 is 0. The van der Waals surface area contributed by atoms with E-state index in [0.717, 1.165) is 24.2 Å². The molecule has 0 aliphatic carbocycles. The number of amides is 1. The Morgan fingerprint density at radius 2 is 1.74 bits per heavy atom. The number of likely N-dealkylation sites (tertiary alicyclic amines) is 1. The van der Waals surface area contributed by atoms with Crippen molar-refractivity contribution in [1.29, 1.82) is 0 Å². The fourth-order valence-corrected chi connectivity index (χ4v) is 5.24. The average Bonchev–Trinajstić information content (AvgIpc) is 3.33. The van der Waals surface area contributed by atoms with E-state index in [0.29, 0.717) is 43.1 Å². The highest BCUT2D eigenvalue weighted by Gasteiger charge is 2.46. The predicted molar refractivity (Wildman–Crippen MR) is 143 cm³/mol. The molecule has 0 saturated carbocycles. The van der Waals surface area contributed by atoms with E-state index in [4.69, 9.17) is 9.47 Å². The second kappa shape index (κ2) is 10.7. The van der Waals surface area contributed by atoms with E-state index in [-0.39, 0.29) is 22.4 Å². The highest BCUT2D eigenvalue weighted by Crippen LogP contribution is 2.41. The third-order valence-corrected chi connectivity index (χ3v) is 7.46. The monoisotopic (exact) mass is 523 g/mol. The summed E-state index contributed by atoms with van der Waals surface area (Å²) in [4.78, 5) is 45.8. The number of morpholine rings is 1. The van der Waals surface area contributed by atoms with E-state index in [9.17, 15) is 19.5 Å². The number of methoxy groups -OCH3 is 1. The van der Waals surface area contributed by atoms with Crippen molar-refractivity contribution in [1.82, 2.24) is 14.8 Å². The highest BCUT2D eigenvalue weighted by molar-refractivity contribution is 6.46. The van der Waals surface area contributed by atoms with Gasteiger partial charge in [0, 0.05) is 37.4 Å². The molecular weight excluding hydrogens is 486 g/mol. The number of ketones is 1. The number of hydrogen-bond donors (Lipinski definition) is 2. The second-order valence-corrected chi connectivity index (χ2v) is 10.9. The maximum atomic E-state index is 13.5. The van der Waals surface area contributed by atoms with E-state index in [1.54, 1.807) is 18.7 Å². The summed E-state index contributed by atoms with van der Waals surface area (Å²) in [5.74, 6) is -2.27. The molecule has 0 radical (unpaired) electrons. The third kappa shape index (κ3) is 5.13. The molecule has 204 valence electrons. The molecular formula is C29H37N3O6. The first-order chi connectivity index (χ1) is 18.0. The number of carbonyl (C=O) groups is 3. The fraction of sp³-hybridized carbons (Fsp3) is 0.483. The minimum Gasteiger partial charge on any atom is -0.507 e. The molecule has 0 unspecified atom stereocenters. The second-order valence-electron chi connectivity index (χ2n) is 10.9. The van der Waals surface area contributed by atoms with Crippen molar-refractivity contribution < 1.29 is 29.0 Å². The summed E-state index contributed by atoms with van der Waals surface area (Å²) in [7, 11) is 1.28. The van der Waals surface area contributed by atoms with E-state index in [1.165, 1.54) is 7.11 Å². The number of nitrogens with zero attached hydrogens (tertiary/aromatic N) is 2. The largest absolute Gasteiger partial charge is 0.507 e. The number of aromatic amines is 1. The lowest BCUT2D eigenvalue weighted by Crippen LogP contribution is -2.42. The molecule has 3 heterocycles. The average molecular weight is 524 g/mol. The third-order valence-electron chi connectivity index (χ3n) is 7.46. The molecule has 1 amide bonds. The Labute approximate surface area is 223 Å². The zero-order valence-corrected chi connectivity index (χ0v) is 23.0. The quantitative estimate of drug-likeness (QED) is 0.258. The summed E-state index contributed by atoms with van der Waals surface area (Å²) in [6.45, 7) is 13.4. The van der Waals surface area contributed by atoms with Gasteiger partial charge in [-0.25, -0.2) is 4.79 Å². The fourth-order valence-electron chi connectivity index (χ4n) is 5.24. The lowest BCUT2D eigenvalue weighted by molar-refractivity contribution is -0.140. The number of nitrogens with one attached hydrogen (secondary N) is 1.